The molecule has 21 heavy (non-hydrogen) atoms. The minimum Gasteiger partial charge on any atom is -0.409 e. The minimum absolute atomic E-state index is 0.00424. The molecule has 2 rings (SSSR count). The maximum Gasteiger partial charge on any atom is 0.255 e. The molecule has 0 aliphatic rings. The van der Waals surface area contributed by atoms with E-state index in [1.54, 1.807) is 48.2 Å². The highest BCUT2D eigenvalue weighted by Gasteiger charge is 2.07. The van der Waals surface area contributed by atoms with Crippen molar-refractivity contribution >= 4 is 29.2 Å². The normalized spacial score (nSPS) is 11.2. The van der Waals surface area contributed by atoms with E-state index in [0.29, 0.717) is 16.8 Å². The number of nitrogens with one attached hydrogen (secondary N) is 1. The smallest absolute Gasteiger partial charge is 0.255 e. The number of carbonyl (C=O) groups is 1. The summed E-state index contributed by atoms with van der Waals surface area (Å²) in [6.45, 7) is 0. The maximum absolute atomic E-state index is 12.1. The van der Waals surface area contributed by atoms with Crippen molar-refractivity contribution in [2.75, 3.05) is 11.6 Å². The van der Waals surface area contributed by atoms with E-state index >= 15 is 0 Å². The van der Waals surface area contributed by atoms with Crippen molar-refractivity contribution in [2.45, 2.75) is 4.90 Å². The van der Waals surface area contributed by atoms with E-state index in [1.807, 2.05) is 18.4 Å². The zero-order valence-electron chi connectivity index (χ0n) is 11.4. The number of rotatable bonds is 4. The molecule has 0 atom stereocenters. The first-order valence-electron chi connectivity index (χ1n) is 6.17. The van der Waals surface area contributed by atoms with Gasteiger partial charge in [-0.15, -0.1) is 11.8 Å². The molecule has 4 N–H and O–H groups in total. The molecule has 0 unspecified atom stereocenters. The molecule has 0 fully saturated rings. The first-order chi connectivity index (χ1) is 10.1. The molecule has 2 aromatic carbocycles. The molecule has 0 radical (unpaired) electrons. The van der Waals surface area contributed by atoms with E-state index in [1.165, 1.54) is 0 Å². The molecule has 1 amide bonds. The van der Waals surface area contributed by atoms with Gasteiger partial charge in [-0.1, -0.05) is 17.3 Å². The molecule has 0 heterocycles. The lowest BCUT2D eigenvalue weighted by Crippen LogP contribution is -2.15. The van der Waals surface area contributed by atoms with E-state index in [-0.39, 0.29) is 11.7 Å². The number of amides is 1. The summed E-state index contributed by atoms with van der Waals surface area (Å²) in [4.78, 5) is 13.2. The van der Waals surface area contributed by atoms with Crippen molar-refractivity contribution in [3.05, 3.63) is 59.7 Å². The predicted molar refractivity (Wildman–Crippen MR) is 85.1 cm³/mol. The molecule has 0 aliphatic carbocycles. The average molecular weight is 301 g/mol. The molecule has 5 nitrogen and oxygen atoms in total. The minimum atomic E-state index is -0.209. The summed E-state index contributed by atoms with van der Waals surface area (Å²) in [5.74, 6) is -0.213. The summed E-state index contributed by atoms with van der Waals surface area (Å²) < 4.78 is 0. The lowest BCUT2D eigenvalue weighted by Gasteiger charge is -2.07. The molecule has 6 heteroatoms. The van der Waals surface area contributed by atoms with Crippen molar-refractivity contribution in [2.24, 2.45) is 10.9 Å². The van der Waals surface area contributed by atoms with Crippen LogP contribution in [-0.4, -0.2) is 23.2 Å². The number of thioether (sulfide) groups is 1. The molecule has 0 saturated carbocycles. The van der Waals surface area contributed by atoms with Crippen molar-refractivity contribution in [3.63, 3.8) is 0 Å². The van der Waals surface area contributed by atoms with Gasteiger partial charge < -0.3 is 16.3 Å². The summed E-state index contributed by atoms with van der Waals surface area (Å²) in [5.41, 5.74) is 7.21. The van der Waals surface area contributed by atoms with Gasteiger partial charge in [-0.25, -0.2) is 0 Å². The third kappa shape index (κ3) is 3.76. The van der Waals surface area contributed by atoms with Crippen LogP contribution in [0.25, 0.3) is 0 Å². The molecule has 2 aromatic rings. The van der Waals surface area contributed by atoms with Crippen LogP contribution < -0.4 is 11.1 Å². The van der Waals surface area contributed by atoms with Gasteiger partial charge in [0.2, 0.25) is 0 Å². The molecule has 0 bridgehead atoms. The Balaban J connectivity index is 2.15. The molecule has 0 spiro atoms. The number of amidine groups is 1. The topological polar surface area (TPSA) is 87.7 Å². The highest BCUT2D eigenvalue weighted by atomic mass is 32.2. The first kappa shape index (κ1) is 14.9. The fourth-order valence-electron chi connectivity index (χ4n) is 1.76. The van der Waals surface area contributed by atoms with Gasteiger partial charge in [-0.3, -0.25) is 4.79 Å². The van der Waals surface area contributed by atoms with Gasteiger partial charge in [0.25, 0.3) is 5.91 Å². The second kappa shape index (κ2) is 6.81. The van der Waals surface area contributed by atoms with E-state index in [9.17, 15) is 4.79 Å². The third-order valence-electron chi connectivity index (χ3n) is 2.88. The number of nitrogens with two attached hydrogens (primary N) is 1. The van der Waals surface area contributed by atoms with Crippen LogP contribution in [0.1, 0.15) is 15.9 Å². The molecular weight excluding hydrogens is 286 g/mol. The number of hydrogen-bond donors (Lipinski definition) is 3. The van der Waals surface area contributed by atoms with Crippen LogP contribution in [0.5, 0.6) is 0 Å². The fraction of sp³-hybridized carbons (Fsp3) is 0.0667. The Morgan fingerprint density at radius 3 is 2.52 bits per heavy atom. The Morgan fingerprint density at radius 1 is 1.19 bits per heavy atom. The van der Waals surface area contributed by atoms with Gasteiger partial charge in [-0.05, 0) is 42.7 Å². The van der Waals surface area contributed by atoms with Crippen LogP contribution in [0.4, 0.5) is 5.69 Å². The zero-order chi connectivity index (χ0) is 15.2. The predicted octanol–water partition coefficient (Wildman–Crippen LogP) is 2.76. The number of hydrogen-bond acceptors (Lipinski definition) is 4. The van der Waals surface area contributed by atoms with Crippen molar-refractivity contribution in [3.8, 4) is 0 Å². The first-order valence-corrected chi connectivity index (χ1v) is 7.40. The van der Waals surface area contributed by atoms with Gasteiger partial charge in [0, 0.05) is 21.7 Å². The monoisotopic (exact) mass is 301 g/mol. The molecule has 0 aliphatic heterocycles. The van der Waals surface area contributed by atoms with Crippen LogP contribution in [0.2, 0.25) is 0 Å². The second-order valence-electron chi connectivity index (χ2n) is 4.25. The highest BCUT2D eigenvalue weighted by molar-refractivity contribution is 7.98. The number of carbonyl (C=O) groups excluding carboxylic acids is 1. The van der Waals surface area contributed by atoms with Crippen LogP contribution >= 0.6 is 11.8 Å². The molecule has 0 aromatic heterocycles. The summed E-state index contributed by atoms with van der Waals surface area (Å²) in [6, 6.07) is 14.1. The van der Waals surface area contributed by atoms with Crippen LogP contribution in [0.15, 0.2) is 58.6 Å². The lowest BCUT2D eigenvalue weighted by atomic mass is 10.1. The fourth-order valence-corrected chi connectivity index (χ4v) is 2.17. The van der Waals surface area contributed by atoms with Crippen LogP contribution in [-0.2, 0) is 0 Å². The molecule has 108 valence electrons. The van der Waals surface area contributed by atoms with Gasteiger partial charge >= 0.3 is 0 Å². The number of benzene rings is 2. The van der Waals surface area contributed by atoms with Gasteiger partial charge in [0.15, 0.2) is 5.84 Å². The Labute approximate surface area is 126 Å². The van der Waals surface area contributed by atoms with Gasteiger partial charge in [0.05, 0.1) is 0 Å². The second-order valence-corrected chi connectivity index (χ2v) is 5.13. The Morgan fingerprint density at radius 2 is 1.90 bits per heavy atom. The Kier molecular flexibility index (Phi) is 4.84. The van der Waals surface area contributed by atoms with Crippen molar-refractivity contribution < 1.29 is 10.0 Å². The summed E-state index contributed by atoms with van der Waals surface area (Å²) in [5, 5.41) is 14.4. The quantitative estimate of drug-likeness (QED) is 0.266. The summed E-state index contributed by atoms with van der Waals surface area (Å²) in [6.07, 6.45) is 1.98. The van der Waals surface area contributed by atoms with E-state index < -0.39 is 0 Å². The van der Waals surface area contributed by atoms with Gasteiger partial charge in [0.1, 0.15) is 0 Å². The largest absolute Gasteiger partial charge is 0.409 e. The third-order valence-corrected chi connectivity index (χ3v) is 3.62. The Hall–Kier alpha value is -2.47. The molecule has 0 saturated heterocycles. The number of oxime groups is 1. The maximum atomic E-state index is 12.1. The van der Waals surface area contributed by atoms with Crippen LogP contribution in [0, 0.1) is 0 Å². The van der Waals surface area contributed by atoms with Gasteiger partial charge in [-0.2, -0.15) is 0 Å². The number of anilines is 1. The standard InChI is InChI=1S/C15H15N3O2S/c1-21-13-7-5-10(6-8-13)15(19)17-12-4-2-3-11(9-12)14(16)18-20/h2-9,20H,1H3,(H2,16,18)(H,17,19). The van der Waals surface area contributed by atoms with Crippen LogP contribution in [0.3, 0.4) is 0 Å². The van der Waals surface area contributed by atoms with E-state index in [4.69, 9.17) is 10.9 Å². The Bertz CT molecular complexity index is 669. The zero-order valence-corrected chi connectivity index (χ0v) is 12.2. The van der Waals surface area contributed by atoms with E-state index in [2.05, 4.69) is 10.5 Å². The molecular formula is C15H15N3O2S. The van der Waals surface area contributed by atoms with Crippen molar-refractivity contribution in [1.82, 2.24) is 0 Å². The lowest BCUT2D eigenvalue weighted by molar-refractivity contribution is 0.102. The summed E-state index contributed by atoms with van der Waals surface area (Å²) in [7, 11) is 0. The number of nitrogens with zero attached hydrogens (tertiary/aromatic N) is 1. The average Bonchev–Trinajstić information content (AvgIpc) is 2.54. The van der Waals surface area contributed by atoms with E-state index in [0.717, 1.165) is 4.90 Å². The highest BCUT2D eigenvalue weighted by Crippen LogP contribution is 2.16. The van der Waals surface area contributed by atoms with Crippen molar-refractivity contribution in [1.29, 1.82) is 0 Å². The summed E-state index contributed by atoms with van der Waals surface area (Å²) >= 11 is 1.62. The SMILES string of the molecule is CSc1ccc(C(=O)Nc2cccc(C(N)=NO)c2)cc1.